The summed E-state index contributed by atoms with van der Waals surface area (Å²) in [6.07, 6.45) is 0.656. The molecule has 0 saturated heterocycles. The zero-order chi connectivity index (χ0) is 23.9. The first-order chi connectivity index (χ1) is 16.6. The van der Waals surface area contributed by atoms with E-state index in [0.29, 0.717) is 24.5 Å². The topological polar surface area (TPSA) is 73.3 Å². The number of hydrogen-bond acceptors (Lipinski definition) is 6. The third-order valence-electron chi connectivity index (χ3n) is 5.40. The Morgan fingerprint density at radius 3 is 2.35 bits per heavy atom. The molecule has 174 valence electrons. The van der Waals surface area contributed by atoms with Gasteiger partial charge in [-0.2, -0.15) is 0 Å². The Balaban J connectivity index is 1.48. The van der Waals surface area contributed by atoms with Crippen LogP contribution in [0.15, 0.2) is 71.8 Å². The molecular weight excluding hydrogens is 446 g/mol. The summed E-state index contributed by atoms with van der Waals surface area (Å²) in [5, 5.41) is 3.74. The van der Waals surface area contributed by atoms with Crippen LogP contribution in [-0.2, 0) is 17.8 Å². The zero-order valence-electron chi connectivity index (χ0n) is 19.5. The van der Waals surface area contributed by atoms with Crippen molar-refractivity contribution in [3.05, 3.63) is 89.1 Å². The fourth-order valence-electron chi connectivity index (χ4n) is 3.62. The highest BCUT2D eigenvalue weighted by Gasteiger charge is 2.14. The molecule has 3 aromatic carbocycles. The molecule has 4 rings (SSSR count). The molecule has 1 heterocycles. The van der Waals surface area contributed by atoms with Gasteiger partial charge in [0.05, 0.1) is 36.7 Å². The van der Waals surface area contributed by atoms with Gasteiger partial charge in [-0.1, -0.05) is 65.9 Å². The van der Waals surface area contributed by atoms with E-state index in [1.54, 1.807) is 14.2 Å². The molecule has 0 bridgehead atoms. The van der Waals surface area contributed by atoms with Crippen LogP contribution in [0.5, 0.6) is 11.5 Å². The smallest absolute Gasteiger partial charge is 0.230 e. The third-order valence-corrected chi connectivity index (χ3v) is 6.41. The average molecular weight is 474 g/mol. The van der Waals surface area contributed by atoms with E-state index in [-0.39, 0.29) is 11.7 Å². The van der Waals surface area contributed by atoms with E-state index in [4.69, 9.17) is 19.4 Å². The van der Waals surface area contributed by atoms with Crippen LogP contribution in [0, 0.1) is 6.92 Å². The lowest BCUT2D eigenvalue weighted by Gasteiger charge is -2.13. The SMILES string of the molecule is COc1cccc(CNC(=O)CSc2nc3ccccc3nc2Cc2ccc(C)cc2)c1OC. The van der Waals surface area contributed by atoms with Crippen molar-refractivity contribution < 1.29 is 14.3 Å². The van der Waals surface area contributed by atoms with Gasteiger partial charge in [-0.15, -0.1) is 0 Å². The van der Waals surface area contributed by atoms with E-state index in [9.17, 15) is 4.79 Å². The summed E-state index contributed by atoms with van der Waals surface area (Å²) in [5.41, 5.74) is 5.77. The Bertz CT molecular complexity index is 1290. The van der Waals surface area contributed by atoms with Gasteiger partial charge in [0.2, 0.25) is 5.91 Å². The first-order valence-electron chi connectivity index (χ1n) is 11.0. The largest absolute Gasteiger partial charge is 0.493 e. The highest BCUT2D eigenvalue weighted by Crippen LogP contribution is 2.30. The van der Waals surface area contributed by atoms with Crippen LogP contribution in [-0.4, -0.2) is 35.8 Å². The zero-order valence-corrected chi connectivity index (χ0v) is 20.3. The Morgan fingerprint density at radius 2 is 1.65 bits per heavy atom. The lowest BCUT2D eigenvalue weighted by atomic mass is 10.1. The fraction of sp³-hybridized carbons (Fsp3) is 0.222. The fourth-order valence-corrected chi connectivity index (χ4v) is 4.44. The van der Waals surface area contributed by atoms with Crippen molar-refractivity contribution in [1.29, 1.82) is 0 Å². The first-order valence-corrected chi connectivity index (χ1v) is 12.0. The molecule has 0 aliphatic rings. The number of amides is 1. The van der Waals surface area contributed by atoms with Crippen LogP contribution in [0.3, 0.4) is 0 Å². The number of nitrogens with one attached hydrogen (secondary N) is 1. The number of methoxy groups -OCH3 is 2. The normalized spacial score (nSPS) is 10.8. The van der Waals surface area contributed by atoms with Crippen LogP contribution in [0.25, 0.3) is 11.0 Å². The molecule has 0 spiro atoms. The number of ether oxygens (including phenoxy) is 2. The lowest BCUT2D eigenvalue weighted by molar-refractivity contribution is -0.118. The van der Waals surface area contributed by atoms with Gasteiger partial charge in [-0.05, 0) is 30.7 Å². The first kappa shape index (κ1) is 23.6. The second-order valence-corrected chi connectivity index (χ2v) is 8.81. The third kappa shape index (κ3) is 5.66. The molecule has 7 heteroatoms. The van der Waals surface area contributed by atoms with Crippen molar-refractivity contribution in [2.45, 2.75) is 24.9 Å². The molecule has 0 saturated carbocycles. The standard InChI is InChI=1S/C27H27N3O3S/c1-18-11-13-19(14-12-18)15-23-27(30-22-9-5-4-8-21(22)29-23)34-17-25(31)28-16-20-7-6-10-24(32-2)26(20)33-3/h4-14H,15-17H2,1-3H3,(H,28,31). The summed E-state index contributed by atoms with van der Waals surface area (Å²) < 4.78 is 10.8. The predicted molar refractivity (Wildman–Crippen MR) is 136 cm³/mol. The number of fused-ring (bicyclic) bond motifs is 1. The van der Waals surface area contributed by atoms with Crippen molar-refractivity contribution >= 4 is 28.7 Å². The number of aryl methyl sites for hydroxylation is 1. The number of aromatic nitrogens is 2. The Labute approximate surface area is 203 Å². The molecule has 34 heavy (non-hydrogen) atoms. The maximum Gasteiger partial charge on any atom is 0.230 e. The maximum atomic E-state index is 12.7. The van der Waals surface area contributed by atoms with Crippen molar-refractivity contribution in [2.24, 2.45) is 0 Å². The van der Waals surface area contributed by atoms with Crippen molar-refractivity contribution in [3.63, 3.8) is 0 Å². The van der Waals surface area contributed by atoms with Gasteiger partial charge in [0.15, 0.2) is 11.5 Å². The molecule has 1 amide bonds. The molecule has 1 N–H and O–H groups in total. The predicted octanol–water partition coefficient (Wildman–Crippen LogP) is 4.95. The molecule has 6 nitrogen and oxygen atoms in total. The highest BCUT2D eigenvalue weighted by molar-refractivity contribution is 7.99. The molecule has 0 aliphatic carbocycles. The van der Waals surface area contributed by atoms with Gasteiger partial charge >= 0.3 is 0 Å². The molecule has 0 aliphatic heterocycles. The van der Waals surface area contributed by atoms with Crippen molar-refractivity contribution in [1.82, 2.24) is 15.3 Å². The lowest BCUT2D eigenvalue weighted by Crippen LogP contribution is -2.25. The van der Waals surface area contributed by atoms with Gasteiger partial charge in [-0.3, -0.25) is 4.79 Å². The number of carbonyl (C=O) groups excluding carboxylic acids is 1. The van der Waals surface area contributed by atoms with Gasteiger partial charge < -0.3 is 14.8 Å². The van der Waals surface area contributed by atoms with Crippen LogP contribution < -0.4 is 14.8 Å². The van der Waals surface area contributed by atoms with Gasteiger partial charge in [0.25, 0.3) is 0 Å². The molecule has 0 unspecified atom stereocenters. The summed E-state index contributed by atoms with van der Waals surface area (Å²) in [7, 11) is 3.18. The highest BCUT2D eigenvalue weighted by atomic mass is 32.2. The van der Waals surface area contributed by atoms with Gasteiger partial charge in [0.1, 0.15) is 5.03 Å². The summed E-state index contributed by atoms with van der Waals surface area (Å²) in [6, 6.07) is 21.8. The quantitative estimate of drug-likeness (QED) is 0.347. The number of rotatable bonds is 9. The van der Waals surface area contributed by atoms with E-state index in [1.165, 1.54) is 17.3 Å². The monoisotopic (exact) mass is 473 g/mol. The van der Waals surface area contributed by atoms with E-state index >= 15 is 0 Å². The number of hydrogen-bond donors (Lipinski definition) is 1. The molecule has 0 fully saturated rings. The minimum Gasteiger partial charge on any atom is -0.493 e. The minimum absolute atomic E-state index is 0.0916. The summed E-state index contributed by atoms with van der Waals surface area (Å²) in [4.78, 5) is 22.3. The van der Waals surface area contributed by atoms with E-state index in [1.807, 2.05) is 42.5 Å². The van der Waals surface area contributed by atoms with Crippen LogP contribution in [0.1, 0.15) is 22.4 Å². The molecule has 4 aromatic rings. The number of thioether (sulfide) groups is 1. The number of benzene rings is 3. The maximum absolute atomic E-state index is 12.7. The van der Waals surface area contributed by atoms with Crippen LogP contribution in [0.2, 0.25) is 0 Å². The van der Waals surface area contributed by atoms with E-state index < -0.39 is 0 Å². The second kappa shape index (κ2) is 11.0. The van der Waals surface area contributed by atoms with E-state index in [0.717, 1.165) is 32.9 Å². The van der Waals surface area contributed by atoms with Crippen LogP contribution in [0.4, 0.5) is 0 Å². The van der Waals surface area contributed by atoms with Gasteiger partial charge in [0, 0.05) is 18.5 Å². The second-order valence-electron chi connectivity index (χ2n) is 7.84. The summed E-state index contributed by atoms with van der Waals surface area (Å²) >= 11 is 1.40. The van der Waals surface area contributed by atoms with Crippen molar-refractivity contribution in [3.8, 4) is 11.5 Å². The van der Waals surface area contributed by atoms with Gasteiger partial charge in [-0.25, -0.2) is 9.97 Å². The molecular formula is C27H27N3O3S. The Morgan fingerprint density at radius 1 is 0.912 bits per heavy atom. The molecule has 1 aromatic heterocycles. The minimum atomic E-state index is -0.0916. The number of nitrogens with zero attached hydrogens (tertiary/aromatic N) is 2. The number of carbonyl (C=O) groups is 1. The van der Waals surface area contributed by atoms with Crippen molar-refractivity contribution in [2.75, 3.05) is 20.0 Å². The average Bonchev–Trinajstić information content (AvgIpc) is 2.87. The number of para-hydroxylation sites is 3. The van der Waals surface area contributed by atoms with Crippen LogP contribution >= 0.6 is 11.8 Å². The molecule has 0 radical (unpaired) electrons. The molecule has 0 atom stereocenters. The summed E-state index contributed by atoms with van der Waals surface area (Å²) in [6.45, 7) is 2.42. The van der Waals surface area contributed by atoms with E-state index in [2.05, 4.69) is 36.5 Å². The summed E-state index contributed by atoms with van der Waals surface area (Å²) in [5.74, 6) is 1.40. The Hall–Kier alpha value is -3.58. The Kier molecular flexibility index (Phi) is 7.65.